The van der Waals surface area contributed by atoms with Crippen molar-refractivity contribution in [2.45, 2.75) is 64.5 Å². The van der Waals surface area contributed by atoms with Gasteiger partial charge in [-0.1, -0.05) is 0 Å². The first-order valence-electron chi connectivity index (χ1n) is 7.04. The molecular weight excluding hydrogens is 244 g/mol. The van der Waals surface area contributed by atoms with Crippen LogP contribution in [0.2, 0.25) is 0 Å². The summed E-state index contributed by atoms with van der Waals surface area (Å²) in [7, 11) is 0. The lowest BCUT2D eigenvalue weighted by Gasteiger charge is -2.29. The van der Waals surface area contributed by atoms with E-state index in [1.165, 1.54) is 0 Å². The Kier molecular flexibility index (Phi) is 5.79. The average Bonchev–Trinajstić information content (AvgIpc) is 2.27. The number of ether oxygens (including phenoxy) is 1. The van der Waals surface area contributed by atoms with Crippen molar-refractivity contribution >= 4 is 11.9 Å². The van der Waals surface area contributed by atoms with Crippen LogP contribution in [0, 0.1) is 5.92 Å². The Balaban J connectivity index is 2.30. The number of hydrogen-bond acceptors (Lipinski definition) is 4. The first kappa shape index (κ1) is 16.0. The number of nitrogens with two attached hydrogens (primary N) is 1. The number of Topliss-reactive ketones (excluding diaryl/α,β-unsaturated/α-hetero) is 1. The van der Waals surface area contributed by atoms with Crippen LogP contribution >= 0.6 is 0 Å². The van der Waals surface area contributed by atoms with Crippen molar-refractivity contribution in [2.75, 3.05) is 6.54 Å². The third-order valence-electron chi connectivity index (χ3n) is 3.29. The fourth-order valence-electron chi connectivity index (χ4n) is 2.38. The maximum absolute atomic E-state index is 11.7. The van der Waals surface area contributed by atoms with Gasteiger partial charge < -0.3 is 15.8 Å². The summed E-state index contributed by atoms with van der Waals surface area (Å²) >= 11 is 0. The molecule has 1 amide bonds. The Hall–Kier alpha value is -1.10. The van der Waals surface area contributed by atoms with Crippen molar-refractivity contribution in [3.63, 3.8) is 0 Å². The molecule has 0 spiro atoms. The molecule has 0 aromatic rings. The smallest absolute Gasteiger partial charge is 0.407 e. The summed E-state index contributed by atoms with van der Waals surface area (Å²) in [6, 6.07) is 0.122. The van der Waals surface area contributed by atoms with Crippen molar-refractivity contribution in [2.24, 2.45) is 11.7 Å². The lowest BCUT2D eigenvalue weighted by atomic mass is 9.82. The van der Waals surface area contributed by atoms with Crippen LogP contribution in [0.4, 0.5) is 4.79 Å². The molecule has 0 aromatic carbocycles. The van der Waals surface area contributed by atoms with E-state index < -0.39 is 5.60 Å². The summed E-state index contributed by atoms with van der Waals surface area (Å²) in [5.74, 6) is 0.387. The summed E-state index contributed by atoms with van der Waals surface area (Å²) in [6.07, 6.45) is 3.43. The number of amides is 1. The van der Waals surface area contributed by atoms with Crippen LogP contribution in [0.5, 0.6) is 0 Å². The van der Waals surface area contributed by atoms with E-state index in [-0.39, 0.29) is 23.8 Å². The Morgan fingerprint density at radius 2 is 1.79 bits per heavy atom. The fourth-order valence-corrected chi connectivity index (χ4v) is 2.38. The molecule has 5 nitrogen and oxygen atoms in total. The molecule has 1 fully saturated rings. The SMILES string of the molecule is CC(C)(C)OC(=O)NC1CCC(C(=O)CCN)CC1. The van der Waals surface area contributed by atoms with Gasteiger partial charge >= 0.3 is 6.09 Å². The second-order valence-electron chi connectivity index (χ2n) is 6.20. The molecule has 0 heterocycles. The molecule has 0 aliphatic heterocycles. The maximum Gasteiger partial charge on any atom is 0.407 e. The van der Waals surface area contributed by atoms with Crippen molar-refractivity contribution in [3.8, 4) is 0 Å². The average molecular weight is 270 g/mol. The Bertz CT molecular complexity index is 315. The maximum atomic E-state index is 11.7. The van der Waals surface area contributed by atoms with Crippen molar-refractivity contribution in [1.29, 1.82) is 0 Å². The quantitative estimate of drug-likeness (QED) is 0.818. The van der Waals surface area contributed by atoms with Crippen molar-refractivity contribution in [1.82, 2.24) is 5.32 Å². The molecule has 1 aliphatic rings. The Morgan fingerprint density at radius 3 is 2.26 bits per heavy atom. The van der Waals surface area contributed by atoms with E-state index in [0.717, 1.165) is 25.7 Å². The van der Waals surface area contributed by atoms with Gasteiger partial charge in [-0.3, -0.25) is 4.79 Å². The second-order valence-corrected chi connectivity index (χ2v) is 6.20. The van der Waals surface area contributed by atoms with Gasteiger partial charge in [0.15, 0.2) is 0 Å². The molecule has 1 saturated carbocycles. The molecule has 110 valence electrons. The molecule has 0 saturated heterocycles. The third kappa shape index (κ3) is 6.05. The standard InChI is InChI=1S/C14H26N2O3/c1-14(2,3)19-13(18)16-11-6-4-10(5-7-11)12(17)8-9-15/h10-11H,4-9,15H2,1-3H3,(H,16,18). The lowest BCUT2D eigenvalue weighted by molar-refractivity contribution is -0.123. The molecule has 1 aliphatic carbocycles. The minimum atomic E-state index is -0.474. The van der Waals surface area contributed by atoms with E-state index in [0.29, 0.717) is 13.0 Å². The van der Waals surface area contributed by atoms with Crippen molar-refractivity contribution < 1.29 is 14.3 Å². The molecule has 3 N–H and O–H groups in total. The van der Waals surface area contributed by atoms with Crippen LogP contribution in [0.1, 0.15) is 52.9 Å². The molecule has 1 rings (SSSR count). The first-order chi connectivity index (χ1) is 8.81. The number of hydrogen-bond donors (Lipinski definition) is 2. The highest BCUT2D eigenvalue weighted by Crippen LogP contribution is 2.26. The van der Waals surface area contributed by atoms with E-state index >= 15 is 0 Å². The Morgan fingerprint density at radius 1 is 1.21 bits per heavy atom. The summed E-state index contributed by atoms with van der Waals surface area (Å²) in [5.41, 5.74) is 4.92. The van der Waals surface area contributed by atoms with E-state index in [4.69, 9.17) is 10.5 Å². The fraction of sp³-hybridized carbons (Fsp3) is 0.857. The van der Waals surface area contributed by atoms with E-state index in [1.54, 1.807) is 0 Å². The number of ketones is 1. The van der Waals surface area contributed by atoms with Gasteiger partial charge in [0.1, 0.15) is 11.4 Å². The van der Waals surface area contributed by atoms with Crippen LogP contribution in [-0.4, -0.2) is 30.1 Å². The normalized spacial score (nSPS) is 23.8. The lowest BCUT2D eigenvalue weighted by Crippen LogP contribution is -2.41. The molecule has 0 atom stereocenters. The van der Waals surface area contributed by atoms with E-state index in [2.05, 4.69) is 5.32 Å². The predicted octanol–water partition coefficient (Wildman–Crippen LogP) is 1.99. The molecule has 0 aromatic heterocycles. The minimum absolute atomic E-state index is 0.122. The van der Waals surface area contributed by atoms with Crippen LogP contribution in [0.15, 0.2) is 0 Å². The van der Waals surface area contributed by atoms with Gasteiger partial charge in [0.25, 0.3) is 0 Å². The Labute approximate surface area is 115 Å². The summed E-state index contributed by atoms with van der Waals surface area (Å²) in [6.45, 7) is 5.95. The van der Waals surface area contributed by atoms with Gasteiger partial charge in [-0.15, -0.1) is 0 Å². The number of carbonyl (C=O) groups excluding carboxylic acids is 2. The highest BCUT2D eigenvalue weighted by atomic mass is 16.6. The molecule has 5 heteroatoms. The first-order valence-corrected chi connectivity index (χ1v) is 7.04. The van der Waals surface area contributed by atoms with Gasteiger partial charge in [-0.05, 0) is 53.0 Å². The topological polar surface area (TPSA) is 81.4 Å². The van der Waals surface area contributed by atoms with Gasteiger partial charge in [0, 0.05) is 18.4 Å². The summed E-state index contributed by atoms with van der Waals surface area (Å²) in [5, 5.41) is 2.87. The molecule has 0 unspecified atom stereocenters. The second kappa shape index (κ2) is 6.89. The van der Waals surface area contributed by atoms with E-state index in [1.807, 2.05) is 20.8 Å². The molecule has 0 radical (unpaired) electrons. The summed E-state index contributed by atoms with van der Waals surface area (Å²) in [4.78, 5) is 23.4. The highest BCUT2D eigenvalue weighted by molar-refractivity contribution is 5.81. The zero-order valence-corrected chi connectivity index (χ0v) is 12.2. The van der Waals surface area contributed by atoms with Crippen LogP contribution in [0.25, 0.3) is 0 Å². The van der Waals surface area contributed by atoms with Crippen LogP contribution in [-0.2, 0) is 9.53 Å². The monoisotopic (exact) mass is 270 g/mol. The van der Waals surface area contributed by atoms with Gasteiger partial charge in [0.05, 0.1) is 0 Å². The number of alkyl carbamates (subject to hydrolysis) is 1. The molecular formula is C14H26N2O3. The van der Waals surface area contributed by atoms with E-state index in [9.17, 15) is 9.59 Å². The minimum Gasteiger partial charge on any atom is -0.444 e. The van der Waals surface area contributed by atoms with Crippen LogP contribution in [0.3, 0.4) is 0 Å². The van der Waals surface area contributed by atoms with Gasteiger partial charge in [0.2, 0.25) is 0 Å². The predicted molar refractivity (Wildman–Crippen MR) is 73.8 cm³/mol. The number of rotatable bonds is 4. The van der Waals surface area contributed by atoms with Crippen molar-refractivity contribution in [3.05, 3.63) is 0 Å². The summed E-state index contributed by atoms with van der Waals surface area (Å²) < 4.78 is 5.22. The molecule has 19 heavy (non-hydrogen) atoms. The van der Waals surface area contributed by atoms with Gasteiger partial charge in [-0.25, -0.2) is 4.79 Å². The number of carbonyl (C=O) groups is 2. The largest absolute Gasteiger partial charge is 0.444 e. The number of nitrogens with one attached hydrogen (secondary N) is 1. The zero-order valence-electron chi connectivity index (χ0n) is 12.2. The molecule has 0 bridgehead atoms. The highest BCUT2D eigenvalue weighted by Gasteiger charge is 2.27. The third-order valence-corrected chi connectivity index (χ3v) is 3.29. The van der Waals surface area contributed by atoms with Crippen LogP contribution < -0.4 is 11.1 Å². The van der Waals surface area contributed by atoms with Gasteiger partial charge in [-0.2, -0.15) is 0 Å². The zero-order chi connectivity index (χ0) is 14.5.